The molecule has 4 aliphatic rings. The topological polar surface area (TPSA) is 240 Å². The lowest BCUT2D eigenvalue weighted by molar-refractivity contribution is 0.0835. The van der Waals surface area contributed by atoms with Gasteiger partial charge in [0.05, 0.1) is 55.9 Å². The van der Waals surface area contributed by atoms with Crippen LogP contribution < -0.4 is 29.1 Å². The molecule has 16 nitrogen and oxygen atoms in total. The molecule has 61 heavy (non-hydrogen) atoms. The SMILES string of the molecule is N#CC1CN(c2cc(S(=O)(=O)N[C@@H]3COc4cc(F)c(Cl)cc4[C@@H]3O)cc(Cl)n2)C1.N#CC1CNC1.O=S(=O)(N[C@@H]1COc2cc(F)c(Cl)cc2[C@@H]1O)c1cc(Cl)nc(Cl)c1. The minimum absolute atomic E-state index is 0.0265. The molecule has 324 valence electrons. The molecule has 2 aromatic heterocycles. The van der Waals surface area contributed by atoms with Gasteiger partial charge in [0.15, 0.2) is 0 Å². The molecule has 0 spiro atoms. The van der Waals surface area contributed by atoms with Gasteiger partial charge in [-0.3, -0.25) is 0 Å². The van der Waals surface area contributed by atoms with Gasteiger partial charge in [0.2, 0.25) is 20.0 Å². The minimum atomic E-state index is -4.11. The summed E-state index contributed by atoms with van der Waals surface area (Å²) in [5.74, 6) is -0.709. The number of nitrogens with one attached hydrogen (secondary N) is 3. The summed E-state index contributed by atoms with van der Waals surface area (Å²) in [5.41, 5.74) is 0.355. The van der Waals surface area contributed by atoms with E-state index < -0.39 is 56.0 Å². The fourth-order valence-corrected chi connectivity index (χ4v) is 9.74. The lowest BCUT2D eigenvalue weighted by Gasteiger charge is -2.36. The second-order valence-corrected chi connectivity index (χ2v) is 19.1. The van der Waals surface area contributed by atoms with Crippen molar-refractivity contribution in [2.24, 2.45) is 11.8 Å². The van der Waals surface area contributed by atoms with E-state index in [0.717, 1.165) is 37.4 Å². The van der Waals surface area contributed by atoms with E-state index in [1.165, 1.54) is 24.3 Å². The summed E-state index contributed by atoms with van der Waals surface area (Å²) in [4.78, 5) is 9.16. The van der Waals surface area contributed by atoms with Crippen LogP contribution in [0.25, 0.3) is 0 Å². The Labute approximate surface area is 373 Å². The molecule has 8 rings (SSSR count). The highest BCUT2D eigenvalue weighted by atomic mass is 35.5. The lowest BCUT2D eigenvalue weighted by Crippen LogP contribution is -2.47. The number of halogens is 7. The normalized spacial score (nSPS) is 20.9. The number of nitrogens with zero attached hydrogens (tertiary/aromatic N) is 5. The van der Waals surface area contributed by atoms with E-state index in [1.807, 2.05) is 0 Å². The molecule has 4 atom stereocenters. The lowest BCUT2D eigenvalue weighted by atomic mass is 10.00. The first-order valence-corrected chi connectivity index (χ1v) is 22.5. The number of rotatable bonds is 7. The first kappa shape index (κ1) is 46.6. The fourth-order valence-electron chi connectivity index (χ4n) is 6.01. The van der Waals surface area contributed by atoms with Gasteiger partial charge >= 0.3 is 0 Å². The van der Waals surface area contributed by atoms with Crippen LogP contribution in [-0.4, -0.2) is 88.5 Å². The van der Waals surface area contributed by atoms with Crippen molar-refractivity contribution in [3.8, 4) is 23.6 Å². The maximum atomic E-state index is 13.6. The number of hydrogen-bond acceptors (Lipinski definition) is 14. The Bertz CT molecular complexity index is 2610. The second kappa shape index (κ2) is 19.3. The first-order chi connectivity index (χ1) is 28.8. The molecule has 25 heteroatoms. The number of nitriles is 2. The molecular weight excluding hydrogens is 952 g/mol. The van der Waals surface area contributed by atoms with Gasteiger partial charge in [0.1, 0.15) is 69.8 Å². The summed E-state index contributed by atoms with van der Waals surface area (Å²) in [6, 6.07) is 11.4. The van der Waals surface area contributed by atoms with E-state index in [2.05, 4.69) is 36.9 Å². The summed E-state index contributed by atoms with van der Waals surface area (Å²) < 4.78 is 93.2. The number of aliphatic hydroxyl groups excluding tert-OH is 2. The molecule has 0 amide bonds. The Balaban J connectivity index is 0.000000181. The standard InChI is InChI=1S/C18H15Cl2FN4O4S.C14H10Cl3FN2O4S.C4H6N2/c19-12-3-11-15(4-13(12)21)29-8-14(18(11)26)24-30(27,28)10-1-16(20)23-17(2-10)25-6-9(5-22)7-25;15-8-3-7-11(4-9(8)18)24-5-10(14(7)21)20-25(22,23)6-1-12(16)19-13(17)2-6;5-1-4-2-6-3-4/h1-4,9,14,18,24,26H,6-8H2;1-4,10,14,20-21H,5H2;4,6H,2-3H2/t14-,18+;10-,14+;/m11./s1. The molecule has 2 saturated heterocycles. The number of ether oxygens (including phenoxy) is 2. The van der Waals surface area contributed by atoms with Crippen molar-refractivity contribution in [3.63, 3.8) is 0 Å². The average molecular weight is 983 g/mol. The highest BCUT2D eigenvalue weighted by Crippen LogP contribution is 2.38. The number of aromatic nitrogens is 2. The zero-order valence-electron chi connectivity index (χ0n) is 30.9. The predicted octanol–water partition coefficient (Wildman–Crippen LogP) is 4.94. The summed E-state index contributed by atoms with van der Waals surface area (Å²) in [5, 5.41) is 40.3. The molecule has 2 fully saturated rings. The fraction of sp³-hybridized carbons (Fsp3) is 0.333. The predicted molar refractivity (Wildman–Crippen MR) is 219 cm³/mol. The van der Waals surface area contributed by atoms with Crippen molar-refractivity contribution < 1.29 is 45.3 Å². The maximum Gasteiger partial charge on any atom is 0.241 e. The maximum absolute atomic E-state index is 13.6. The Morgan fingerprint density at radius 2 is 1.11 bits per heavy atom. The molecule has 5 N–H and O–H groups in total. The van der Waals surface area contributed by atoms with Gasteiger partial charge in [-0.05, 0) is 30.3 Å². The Morgan fingerprint density at radius 1 is 0.689 bits per heavy atom. The Kier molecular flexibility index (Phi) is 14.7. The summed E-state index contributed by atoms with van der Waals surface area (Å²) >= 11 is 28.9. The van der Waals surface area contributed by atoms with Crippen molar-refractivity contribution in [1.82, 2.24) is 24.7 Å². The summed E-state index contributed by atoms with van der Waals surface area (Å²) in [6.07, 6.45) is -2.59. The zero-order valence-corrected chi connectivity index (χ0v) is 36.3. The van der Waals surface area contributed by atoms with Crippen molar-refractivity contribution >= 4 is 83.9 Å². The van der Waals surface area contributed by atoms with Crippen LogP contribution in [0.3, 0.4) is 0 Å². The van der Waals surface area contributed by atoms with Gasteiger partial charge in [-0.25, -0.2) is 45.0 Å². The summed E-state index contributed by atoms with van der Waals surface area (Å²) in [6.45, 7) is 2.24. The minimum Gasteiger partial charge on any atom is -0.491 e. The molecule has 2 aromatic carbocycles. The molecule has 0 radical (unpaired) electrons. The van der Waals surface area contributed by atoms with Gasteiger partial charge in [-0.1, -0.05) is 58.0 Å². The van der Waals surface area contributed by atoms with E-state index in [-0.39, 0.29) is 77.1 Å². The van der Waals surface area contributed by atoms with Crippen LogP contribution in [0, 0.1) is 46.1 Å². The molecule has 0 saturated carbocycles. The molecule has 4 aliphatic heterocycles. The third-order valence-corrected chi connectivity index (χ3v) is 13.5. The van der Waals surface area contributed by atoms with Crippen molar-refractivity contribution in [1.29, 1.82) is 10.5 Å². The van der Waals surface area contributed by atoms with Crippen molar-refractivity contribution in [2.45, 2.75) is 34.1 Å². The molecule has 4 aromatic rings. The second-order valence-electron chi connectivity index (χ2n) is 13.7. The third-order valence-electron chi connectivity index (χ3n) is 9.42. The quantitative estimate of drug-likeness (QED) is 0.154. The van der Waals surface area contributed by atoms with Crippen LogP contribution in [-0.2, 0) is 20.0 Å². The van der Waals surface area contributed by atoms with Gasteiger partial charge in [-0.2, -0.15) is 10.5 Å². The van der Waals surface area contributed by atoms with Gasteiger partial charge in [0, 0.05) is 55.5 Å². The van der Waals surface area contributed by atoms with Gasteiger partial charge < -0.3 is 29.9 Å². The van der Waals surface area contributed by atoms with Crippen LogP contribution in [0.4, 0.5) is 14.6 Å². The monoisotopic (exact) mass is 980 g/mol. The Hall–Kier alpha value is -3.87. The Morgan fingerprint density at radius 3 is 1.51 bits per heavy atom. The molecule has 0 unspecified atom stereocenters. The number of benzene rings is 2. The van der Waals surface area contributed by atoms with Crippen molar-refractivity contribution in [2.75, 3.05) is 44.3 Å². The van der Waals surface area contributed by atoms with Crippen molar-refractivity contribution in [3.05, 3.63) is 96.8 Å². The van der Waals surface area contributed by atoms with Crippen LogP contribution >= 0.6 is 58.0 Å². The van der Waals surface area contributed by atoms with Crippen LogP contribution in [0.2, 0.25) is 25.5 Å². The highest BCUT2D eigenvalue weighted by molar-refractivity contribution is 7.89. The van der Waals surface area contributed by atoms with E-state index in [0.29, 0.717) is 24.8 Å². The van der Waals surface area contributed by atoms with E-state index in [4.69, 9.17) is 78.0 Å². The van der Waals surface area contributed by atoms with E-state index in [1.54, 1.807) is 4.90 Å². The molecule has 0 aliphatic carbocycles. The van der Waals surface area contributed by atoms with Crippen LogP contribution in [0.1, 0.15) is 23.3 Å². The number of anilines is 1. The number of sulfonamides is 2. The number of fused-ring (bicyclic) bond motifs is 2. The highest BCUT2D eigenvalue weighted by Gasteiger charge is 2.36. The zero-order chi connectivity index (χ0) is 44.4. The summed E-state index contributed by atoms with van der Waals surface area (Å²) in [7, 11) is -8.17. The molecular formula is C36H31Cl5F2N8O8S2. The number of aliphatic hydroxyl groups is 2. The van der Waals surface area contributed by atoms with Gasteiger partial charge in [0.25, 0.3) is 0 Å². The molecule has 0 bridgehead atoms. The largest absolute Gasteiger partial charge is 0.491 e. The third kappa shape index (κ3) is 11.0. The smallest absolute Gasteiger partial charge is 0.241 e. The van der Waals surface area contributed by atoms with E-state index >= 15 is 0 Å². The van der Waals surface area contributed by atoms with E-state index in [9.17, 15) is 35.8 Å². The number of hydrogen-bond donors (Lipinski definition) is 5. The van der Waals surface area contributed by atoms with Gasteiger partial charge in [-0.15, -0.1) is 0 Å². The first-order valence-electron chi connectivity index (χ1n) is 17.7. The van der Waals surface area contributed by atoms with Crippen LogP contribution in [0.5, 0.6) is 11.5 Å². The number of pyridine rings is 2. The average Bonchev–Trinajstić information content (AvgIpc) is 3.15. The molecule has 6 heterocycles. The van der Waals surface area contributed by atoms with Crippen LogP contribution in [0.15, 0.2) is 58.3 Å².